The molecule has 1 aromatic heterocycles. The van der Waals surface area contributed by atoms with Crippen molar-refractivity contribution >= 4 is 0 Å². The van der Waals surface area contributed by atoms with Crippen LogP contribution in [0.5, 0.6) is 5.75 Å². The molecule has 1 fully saturated rings. The molecular formula is C16H21FN4O2. The fraction of sp³-hybridized carbons (Fsp3) is 0.500. The van der Waals surface area contributed by atoms with Crippen molar-refractivity contribution in [1.82, 2.24) is 19.7 Å². The summed E-state index contributed by atoms with van der Waals surface area (Å²) in [7, 11) is 0. The fourth-order valence-corrected chi connectivity index (χ4v) is 2.93. The Bertz CT molecular complexity index is 591. The average molecular weight is 320 g/mol. The Labute approximate surface area is 134 Å². The van der Waals surface area contributed by atoms with E-state index in [1.165, 1.54) is 18.5 Å². The number of likely N-dealkylation sites (tertiary alicyclic amines) is 1. The van der Waals surface area contributed by atoms with Gasteiger partial charge >= 0.3 is 0 Å². The third kappa shape index (κ3) is 4.49. The Kier molecular flexibility index (Phi) is 5.19. The van der Waals surface area contributed by atoms with E-state index in [1.807, 2.05) is 4.68 Å². The Hall–Kier alpha value is -1.99. The Morgan fingerprint density at radius 3 is 2.91 bits per heavy atom. The Balaban J connectivity index is 1.46. The molecule has 0 saturated carbocycles. The molecule has 1 aliphatic heterocycles. The van der Waals surface area contributed by atoms with Crippen LogP contribution in [0.2, 0.25) is 0 Å². The molecule has 3 rings (SSSR count). The highest BCUT2D eigenvalue weighted by Crippen LogP contribution is 2.19. The second-order valence-electron chi connectivity index (χ2n) is 5.83. The van der Waals surface area contributed by atoms with Crippen LogP contribution in [-0.4, -0.2) is 56.6 Å². The van der Waals surface area contributed by atoms with Crippen molar-refractivity contribution in [1.29, 1.82) is 0 Å². The minimum atomic E-state index is -0.587. The zero-order valence-electron chi connectivity index (χ0n) is 12.9. The second kappa shape index (κ2) is 7.52. The lowest BCUT2D eigenvalue weighted by Crippen LogP contribution is -2.40. The van der Waals surface area contributed by atoms with Gasteiger partial charge in [0.2, 0.25) is 0 Å². The second-order valence-corrected chi connectivity index (χ2v) is 5.83. The maximum atomic E-state index is 12.8. The standard InChI is InChI=1S/C16H21FN4O2/c17-13-3-5-16(6-4-13)23-10-15(22)9-20-7-1-2-14(20)8-21-12-18-11-19-21/h3-6,11-12,14-15,22H,1-2,7-10H2. The third-order valence-electron chi connectivity index (χ3n) is 4.06. The van der Waals surface area contributed by atoms with E-state index in [9.17, 15) is 9.50 Å². The first kappa shape index (κ1) is 15.9. The molecule has 0 aliphatic carbocycles. The molecule has 1 aliphatic rings. The molecule has 2 aromatic rings. The van der Waals surface area contributed by atoms with Crippen LogP contribution in [0, 0.1) is 5.82 Å². The van der Waals surface area contributed by atoms with Crippen LogP contribution in [-0.2, 0) is 6.54 Å². The van der Waals surface area contributed by atoms with Gasteiger partial charge in [-0.3, -0.25) is 9.58 Å². The molecule has 124 valence electrons. The minimum Gasteiger partial charge on any atom is -0.491 e. The average Bonchev–Trinajstić information content (AvgIpc) is 3.20. The van der Waals surface area contributed by atoms with Gasteiger partial charge < -0.3 is 9.84 Å². The number of hydrogen-bond donors (Lipinski definition) is 1. The summed E-state index contributed by atoms with van der Waals surface area (Å²) in [6.07, 6.45) is 4.86. The molecule has 2 unspecified atom stereocenters. The van der Waals surface area contributed by atoms with E-state index in [1.54, 1.807) is 18.5 Å². The van der Waals surface area contributed by atoms with Crippen molar-refractivity contribution in [3.8, 4) is 5.75 Å². The summed E-state index contributed by atoms with van der Waals surface area (Å²) in [5.41, 5.74) is 0. The highest BCUT2D eigenvalue weighted by Gasteiger charge is 2.26. The van der Waals surface area contributed by atoms with Gasteiger partial charge in [0.1, 0.15) is 36.9 Å². The Morgan fingerprint density at radius 1 is 1.35 bits per heavy atom. The van der Waals surface area contributed by atoms with Crippen LogP contribution in [0.1, 0.15) is 12.8 Å². The van der Waals surface area contributed by atoms with Crippen LogP contribution in [0.25, 0.3) is 0 Å². The number of halogens is 1. The number of β-amino-alcohol motifs (C(OH)–C–C–N with tert-alkyl or cyclic N) is 1. The van der Waals surface area contributed by atoms with Gasteiger partial charge in [0.05, 0.1) is 6.54 Å². The van der Waals surface area contributed by atoms with Crippen molar-refractivity contribution in [2.45, 2.75) is 31.5 Å². The summed E-state index contributed by atoms with van der Waals surface area (Å²) in [4.78, 5) is 6.22. The molecule has 2 heterocycles. The molecule has 1 aromatic carbocycles. The molecule has 23 heavy (non-hydrogen) atoms. The molecule has 6 nitrogen and oxygen atoms in total. The maximum absolute atomic E-state index is 12.8. The number of aliphatic hydroxyl groups excluding tert-OH is 1. The number of aliphatic hydroxyl groups is 1. The van der Waals surface area contributed by atoms with Crippen LogP contribution in [0.4, 0.5) is 4.39 Å². The van der Waals surface area contributed by atoms with Gasteiger partial charge in [0.15, 0.2) is 0 Å². The zero-order chi connectivity index (χ0) is 16.1. The van der Waals surface area contributed by atoms with E-state index in [0.29, 0.717) is 18.3 Å². The van der Waals surface area contributed by atoms with Gasteiger partial charge in [-0.1, -0.05) is 0 Å². The zero-order valence-corrected chi connectivity index (χ0v) is 12.9. The van der Waals surface area contributed by atoms with Gasteiger partial charge in [-0.05, 0) is 43.7 Å². The molecule has 2 atom stereocenters. The smallest absolute Gasteiger partial charge is 0.137 e. The first-order valence-electron chi connectivity index (χ1n) is 7.83. The van der Waals surface area contributed by atoms with E-state index in [-0.39, 0.29) is 12.4 Å². The number of ether oxygens (including phenoxy) is 1. The summed E-state index contributed by atoms with van der Waals surface area (Å²) in [5, 5.41) is 14.3. The van der Waals surface area contributed by atoms with Crippen LogP contribution in [0.15, 0.2) is 36.9 Å². The molecule has 7 heteroatoms. The number of hydrogen-bond acceptors (Lipinski definition) is 5. The summed E-state index contributed by atoms with van der Waals surface area (Å²) in [5.74, 6) is 0.261. The van der Waals surface area contributed by atoms with Crippen molar-refractivity contribution in [3.05, 3.63) is 42.7 Å². The van der Waals surface area contributed by atoms with Crippen molar-refractivity contribution in [3.63, 3.8) is 0 Å². The fourth-order valence-electron chi connectivity index (χ4n) is 2.93. The van der Waals surface area contributed by atoms with Crippen LogP contribution in [0.3, 0.4) is 0 Å². The monoisotopic (exact) mass is 320 g/mol. The van der Waals surface area contributed by atoms with Crippen LogP contribution >= 0.6 is 0 Å². The lowest BCUT2D eigenvalue weighted by atomic mass is 10.2. The van der Waals surface area contributed by atoms with Gasteiger partial charge in [-0.2, -0.15) is 5.10 Å². The lowest BCUT2D eigenvalue weighted by Gasteiger charge is -2.26. The van der Waals surface area contributed by atoms with Crippen molar-refractivity contribution in [2.75, 3.05) is 19.7 Å². The minimum absolute atomic E-state index is 0.193. The largest absolute Gasteiger partial charge is 0.491 e. The topological polar surface area (TPSA) is 63.4 Å². The normalized spacial score (nSPS) is 19.8. The van der Waals surface area contributed by atoms with E-state index < -0.39 is 6.10 Å². The summed E-state index contributed by atoms with van der Waals surface area (Å²) >= 11 is 0. The van der Waals surface area contributed by atoms with E-state index in [2.05, 4.69) is 15.0 Å². The highest BCUT2D eigenvalue weighted by atomic mass is 19.1. The van der Waals surface area contributed by atoms with Gasteiger partial charge in [-0.15, -0.1) is 0 Å². The van der Waals surface area contributed by atoms with Crippen LogP contribution < -0.4 is 4.74 Å². The number of rotatable bonds is 7. The SMILES string of the molecule is OC(COc1ccc(F)cc1)CN1CCCC1Cn1cncn1. The summed E-state index contributed by atoms with van der Waals surface area (Å²) in [6.45, 7) is 2.50. The summed E-state index contributed by atoms with van der Waals surface area (Å²) < 4.78 is 20.2. The quantitative estimate of drug-likeness (QED) is 0.834. The first-order valence-corrected chi connectivity index (χ1v) is 7.83. The van der Waals surface area contributed by atoms with E-state index in [4.69, 9.17) is 4.74 Å². The van der Waals surface area contributed by atoms with Crippen molar-refractivity contribution in [2.24, 2.45) is 0 Å². The predicted octanol–water partition coefficient (Wildman–Crippen LogP) is 1.32. The third-order valence-corrected chi connectivity index (χ3v) is 4.06. The molecular weight excluding hydrogens is 299 g/mol. The first-order chi connectivity index (χ1) is 11.2. The predicted molar refractivity (Wildman–Crippen MR) is 82.5 cm³/mol. The molecule has 0 amide bonds. The number of aromatic nitrogens is 3. The van der Waals surface area contributed by atoms with Gasteiger partial charge in [0, 0.05) is 12.6 Å². The van der Waals surface area contributed by atoms with Gasteiger partial charge in [0.25, 0.3) is 0 Å². The lowest BCUT2D eigenvalue weighted by molar-refractivity contribution is 0.0609. The highest BCUT2D eigenvalue weighted by molar-refractivity contribution is 5.22. The molecule has 0 radical (unpaired) electrons. The molecule has 1 N–H and O–H groups in total. The van der Waals surface area contributed by atoms with E-state index in [0.717, 1.165) is 25.9 Å². The molecule has 0 spiro atoms. The Morgan fingerprint density at radius 2 is 2.17 bits per heavy atom. The van der Waals surface area contributed by atoms with Crippen molar-refractivity contribution < 1.29 is 14.2 Å². The summed E-state index contributed by atoms with van der Waals surface area (Å²) in [6, 6.07) is 6.17. The van der Waals surface area contributed by atoms with Gasteiger partial charge in [-0.25, -0.2) is 9.37 Å². The maximum Gasteiger partial charge on any atom is 0.137 e. The number of nitrogens with zero attached hydrogens (tertiary/aromatic N) is 4. The molecule has 0 bridgehead atoms. The molecule has 1 saturated heterocycles. The van der Waals surface area contributed by atoms with E-state index >= 15 is 0 Å². The number of benzene rings is 1.